The van der Waals surface area contributed by atoms with Gasteiger partial charge in [-0.25, -0.2) is 4.79 Å². The van der Waals surface area contributed by atoms with Crippen LogP contribution in [0.1, 0.15) is 19.8 Å². The Morgan fingerprint density at radius 3 is 2.48 bits per heavy atom. The number of urea groups is 1. The lowest BCUT2D eigenvalue weighted by atomic mass is 10.0. The van der Waals surface area contributed by atoms with Crippen LogP contribution in [0.4, 0.5) is 10.5 Å². The number of amides is 2. The molecule has 3 rings (SSSR count). The van der Waals surface area contributed by atoms with Crippen molar-refractivity contribution >= 4 is 11.7 Å². The van der Waals surface area contributed by atoms with Crippen molar-refractivity contribution in [1.29, 1.82) is 0 Å². The number of ether oxygens (including phenoxy) is 1. The maximum Gasteiger partial charge on any atom is 0.321 e. The summed E-state index contributed by atoms with van der Waals surface area (Å²) >= 11 is 0. The average Bonchev–Trinajstić information content (AvgIpc) is 2.57. The van der Waals surface area contributed by atoms with Gasteiger partial charge in [0.1, 0.15) is 11.5 Å². The highest BCUT2D eigenvalue weighted by atomic mass is 16.5. The lowest BCUT2D eigenvalue weighted by molar-refractivity contribution is 0.182. The zero-order valence-electron chi connectivity index (χ0n) is 13.4. The van der Waals surface area contributed by atoms with Crippen molar-refractivity contribution in [2.24, 2.45) is 5.92 Å². The van der Waals surface area contributed by atoms with Crippen LogP contribution >= 0.6 is 0 Å². The Morgan fingerprint density at radius 1 is 1.09 bits per heavy atom. The number of para-hydroxylation sites is 1. The fraction of sp³-hybridized carbons (Fsp3) is 0.316. The molecule has 1 atom stereocenters. The summed E-state index contributed by atoms with van der Waals surface area (Å²) in [7, 11) is 0. The third kappa shape index (κ3) is 4.25. The van der Waals surface area contributed by atoms with E-state index in [-0.39, 0.29) is 6.03 Å². The smallest absolute Gasteiger partial charge is 0.321 e. The van der Waals surface area contributed by atoms with Gasteiger partial charge in [-0.15, -0.1) is 0 Å². The SMILES string of the molecule is CC1CCCN(C(=O)Nc2ccc(Oc3ccccc3)cc2)C1. The molecular weight excluding hydrogens is 288 g/mol. The Hall–Kier alpha value is -2.49. The minimum absolute atomic E-state index is 0.0201. The maximum atomic E-state index is 12.3. The molecule has 1 N–H and O–H groups in total. The van der Waals surface area contributed by atoms with Crippen molar-refractivity contribution in [3.05, 3.63) is 54.6 Å². The van der Waals surface area contributed by atoms with Crippen LogP contribution in [0.2, 0.25) is 0 Å². The Labute approximate surface area is 137 Å². The summed E-state index contributed by atoms with van der Waals surface area (Å²) in [6.07, 6.45) is 2.29. The normalized spacial score (nSPS) is 17.6. The molecule has 0 bridgehead atoms. The quantitative estimate of drug-likeness (QED) is 0.889. The highest BCUT2D eigenvalue weighted by Crippen LogP contribution is 2.23. The van der Waals surface area contributed by atoms with Gasteiger partial charge in [0.25, 0.3) is 0 Å². The van der Waals surface area contributed by atoms with Gasteiger partial charge in [0.2, 0.25) is 0 Å². The van der Waals surface area contributed by atoms with Crippen molar-refractivity contribution < 1.29 is 9.53 Å². The molecule has 0 aliphatic carbocycles. The molecular formula is C19H22N2O2. The second kappa shape index (κ2) is 7.18. The molecule has 4 heteroatoms. The Bertz CT molecular complexity index is 640. The summed E-state index contributed by atoms with van der Waals surface area (Å²) in [6, 6.07) is 17.1. The molecule has 4 nitrogen and oxygen atoms in total. The number of carbonyl (C=O) groups excluding carboxylic acids is 1. The first-order chi connectivity index (χ1) is 11.2. The second-order valence-corrected chi connectivity index (χ2v) is 6.06. The Kier molecular flexibility index (Phi) is 4.81. The minimum atomic E-state index is -0.0201. The first kappa shape index (κ1) is 15.4. The number of anilines is 1. The Morgan fingerprint density at radius 2 is 1.78 bits per heavy atom. The number of carbonyl (C=O) groups is 1. The van der Waals surface area contributed by atoms with Gasteiger partial charge in [-0.05, 0) is 55.2 Å². The highest BCUT2D eigenvalue weighted by Gasteiger charge is 2.20. The number of hydrogen-bond acceptors (Lipinski definition) is 2. The molecule has 0 spiro atoms. The van der Waals surface area contributed by atoms with E-state index < -0.39 is 0 Å². The van der Waals surface area contributed by atoms with Gasteiger partial charge in [0, 0.05) is 18.8 Å². The van der Waals surface area contributed by atoms with E-state index in [1.54, 1.807) is 0 Å². The number of hydrogen-bond donors (Lipinski definition) is 1. The van der Waals surface area contributed by atoms with E-state index in [9.17, 15) is 4.79 Å². The predicted octanol–water partition coefficient (Wildman–Crippen LogP) is 4.74. The first-order valence-corrected chi connectivity index (χ1v) is 8.09. The molecule has 1 aliphatic heterocycles. The molecule has 120 valence electrons. The van der Waals surface area contributed by atoms with Gasteiger partial charge < -0.3 is 15.0 Å². The predicted molar refractivity (Wildman–Crippen MR) is 91.9 cm³/mol. The third-order valence-corrected chi connectivity index (χ3v) is 4.03. The van der Waals surface area contributed by atoms with E-state index in [2.05, 4.69) is 12.2 Å². The number of benzene rings is 2. The zero-order chi connectivity index (χ0) is 16.1. The lowest BCUT2D eigenvalue weighted by Crippen LogP contribution is -2.41. The number of nitrogens with zero attached hydrogens (tertiary/aromatic N) is 1. The van der Waals surface area contributed by atoms with E-state index in [0.29, 0.717) is 5.92 Å². The third-order valence-electron chi connectivity index (χ3n) is 4.03. The van der Waals surface area contributed by atoms with E-state index in [1.165, 1.54) is 6.42 Å². The molecule has 2 amide bonds. The monoisotopic (exact) mass is 310 g/mol. The van der Waals surface area contributed by atoms with Crippen molar-refractivity contribution in [3.63, 3.8) is 0 Å². The fourth-order valence-corrected chi connectivity index (χ4v) is 2.81. The van der Waals surface area contributed by atoms with Crippen LogP contribution in [0, 0.1) is 5.92 Å². The van der Waals surface area contributed by atoms with E-state index in [0.717, 1.165) is 36.7 Å². The molecule has 1 unspecified atom stereocenters. The number of nitrogens with one attached hydrogen (secondary N) is 1. The standard InChI is InChI=1S/C19H22N2O2/c1-15-6-5-13-21(14-15)19(22)20-16-9-11-18(12-10-16)23-17-7-3-2-4-8-17/h2-4,7-12,15H,5-6,13-14H2,1H3,(H,20,22). The van der Waals surface area contributed by atoms with Crippen molar-refractivity contribution in [3.8, 4) is 11.5 Å². The zero-order valence-corrected chi connectivity index (χ0v) is 13.4. The fourth-order valence-electron chi connectivity index (χ4n) is 2.81. The van der Waals surface area contributed by atoms with Gasteiger partial charge in [0.15, 0.2) is 0 Å². The van der Waals surface area contributed by atoms with Crippen LogP contribution in [0.3, 0.4) is 0 Å². The molecule has 1 heterocycles. The van der Waals surface area contributed by atoms with Gasteiger partial charge in [-0.1, -0.05) is 25.1 Å². The molecule has 1 saturated heterocycles. The number of rotatable bonds is 3. The van der Waals surface area contributed by atoms with E-state index in [4.69, 9.17) is 4.74 Å². The van der Waals surface area contributed by atoms with E-state index >= 15 is 0 Å². The van der Waals surface area contributed by atoms with E-state index in [1.807, 2.05) is 59.5 Å². The second-order valence-electron chi connectivity index (χ2n) is 6.06. The van der Waals surface area contributed by atoms with Crippen LogP contribution in [0.25, 0.3) is 0 Å². The molecule has 0 aromatic heterocycles. The summed E-state index contributed by atoms with van der Waals surface area (Å²) in [5.41, 5.74) is 0.786. The molecule has 0 radical (unpaired) electrons. The first-order valence-electron chi connectivity index (χ1n) is 8.09. The van der Waals surface area contributed by atoms with Gasteiger partial charge >= 0.3 is 6.03 Å². The van der Waals surface area contributed by atoms with Gasteiger partial charge in [-0.2, -0.15) is 0 Å². The molecule has 23 heavy (non-hydrogen) atoms. The largest absolute Gasteiger partial charge is 0.457 e. The molecule has 2 aromatic rings. The average molecular weight is 310 g/mol. The highest BCUT2D eigenvalue weighted by molar-refractivity contribution is 5.89. The van der Waals surface area contributed by atoms with Crippen molar-refractivity contribution in [1.82, 2.24) is 4.90 Å². The summed E-state index contributed by atoms with van der Waals surface area (Å²) < 4.78 is 5.75. The van der Waals surface area contributed by atoms with Crippen LogP contribution in [0.15, 0.2) is 54.6 Å². The van der Waals surface area contributed by atoms with Crippen molar-refractivity contribution in [2.45, 2.75) is 19.8 Å². The molecule has 2 aromatic carbocycles. The lowest BCUT2D eigenvalue weighted by Gasteiger charge is -2.30. The number of piperidine rings is 1. The van der Waals surface area contributed by atoms with Crippen LogP contribution in [-0.4, -0.2) is 24.0 Å². The van der Waals surface area contributed by atoms with Crippen LogP contribution in [-0.2, 0) is 0 Å². The minimum Gasteiger partial charge on any atom is -0.457 e. The maximum absolute atomic E-state index is 12.3. The summed E-state index contributed by atoms with van der Waals surface area (Å²) in [5, 5.41) is 2.95. The molecule has 0 saturated carbocycles. The summed E-state index contributed by atoms with van der Waals surface area (Å²) in [5.74, 6) is 2.13. The number of likely N-dealkylation sites (tertiary alicyclic amines) is 1. The van der Waals surface area contributed by atoms with Gasteiger partial charge in [0.05, 0.1) is 0 Å². The van der Waals surface area contributed by atoms with Crippen LogP contribution < -0.4 is 10.1 Å². The topological polar surface area (TPSA) is 41.6 Å². The van der Waals surface area contributed by atoms with Gasteiger partial charge in [-0.3, -0.25) is 0 Å². The summed E-state index contributed by atoms with van der Waals surface area (Å²) in [6.45, 7) is 3.86. The molecule has 1 aliphatic rings. The molecule has 1 fully saturated rings. The summed E-state index contributed by atoms with van der Waals surface area (Å²) in [4.78, 5) is 14.2. The van der Waals surface area contributed by atoms with Crippen LogP contribution in [0.5, 0.6) is 11.5 Å². The Balaban J connectivity index is 1.58. The van der Waals surface area contributed by atoms with Crippen molar-refractivity contribution in [2.75, 3.05) is 18.4 Å².